The summed E-state index contributed by atoms with van der Waals surface area (Å²) in [6.45, 7) is 1.96. The van der Waals surface area contributed by atoms with Gasteiger partial charge in [0.15, 0.2) is 0 Å². The van der Waals surface area contributed by atoms with Crippen molar-refractivity contribution < 1.29 is 19.5 Å². The molecule has 1 saturated carbocycles. The molecule has 1 aliphatic rings. The van der Waals surface area contributed by atoms with Gasteiger partial charge in [-0.15, -0.1) is 0 Å². The van der Waals surface area contributed by atoms with Crippen LogP contribution in [0.25, 0.3) is 0 Å². The van der Waals surface area contributed by atoms with Crippen molar-refractivity contribution in [1.82, 2.24) is 10.2 Å². The molecule has 0 aromatic rings. The van der Waals surface area contributed by atoms with Crippen molar-refractivity contribution in [3.05, 3.63) is 0 Å². The van der Waals surface area contributed by atoms with Crippen LogP contribution >= 0.6 is 0 Å². The van der Waals surface area contributed by atoms with Gasteiger partial charge in [0.05, 0.1) is 12.5 Å². The minimum atomic E-state index is -0.967. The molecule has 0 aromatic heterocycles. The number of aliphatic carboxylic acids is 1. The van der Waals surface area contributed by atoms with E-state index in [4.69, 9.17) is 10.4 Å². The van der Waals surface area contributed by atoms with Gasteiger partial charge in [0, 0.05) is 25.4 Å². The average Bonchev–Trinajstić information content (AvgIpc) is 3.12. The third-order valence-electron chi connectivity index (χ3n) is 3.02. The SMILES string of the molecule is CC(CC(=O)O)CC(=O)NC(=O)N(CCC#N)C1CC1. The fourth-order valence-corrected chi connectivity index (χ4v) is 1.94. The lowest BCUT2D eigenvalue weighted by Gasteiger charge is -2.21. The Bertz CT molecular complexity index is 426. The van der Waals surface area contributed by atoms with Gasteiger partial charge in [-0.05, 0) is 18.8 Å². The molecule has 110 valence electrons. The summed E-state index contributed by atoms with van der Waals surface area (Å²) in [5, 5.41) is 19.4. The predicted octanol–water partition coefficient (Wildman–Crippen LogP) is 1.10. The Morgan fingerprint density at radius 3 is 2.55 bits per heavy atom. The largest absolute Gasteiger partial charge is 0.481 e. The van der Waals surface area contributed by atoms with Crippen LogP contribution in [-0.4, -0.2) is 40.5 Å². The van der Waals surface area contributed by atoms with Gasteiger partial charge in [0.25, 0.3) is 0 Å². The highest BCUT2D eigenvalue weighted by Crippen LogP contribution is 2.26. The molecule has 1 atom stereocenters. The van der Waals surface area contributed by atoms with Gasteiger partial charge in [-0.2, -0.15) is 5.26 Å². The summed E-state index contributed by atoms with van der Waals surface area (Å²) in [6, 6.07) is 1.60. The second-order valence-electron chi connectivity index (χ2n) is 5.09. The van der Waals surface area contributed by atoms with Crippen LogP contribution in [0.3, 0.4) is 0 Å². The molecule has 1 rings (SSSR count). The van der Waals surface area contributed by atoms with E-state index in [-0.39, 0.29) is 31.2 Å². The summed E-state index contributed by atoms with van der Waals surface area (Å²) < 4.78 is 0. The van der Waals surface area contributed by atoms with Crippen LogP contribution in [0.5, 0.6) is 0 Å². The Morgan fingerprint density at radius 1 is 1.40 bits per heavy atom. The number of imide groups is 1. The quantitative estimate of drug-likeness (QED) is 0.726. The molecule has 0 heterocycles. The van der Waals surface area contributed by atoms with Crippen LogP contribution in [0.4, 0.5) is 4.79 Å². The number of nitriles is 1. The Kier molecular flexibility index (Phi) is 5.97. The molecule has 2 N–H and O–H groups in total. The van der Waals surface area contributed by atoms with Crippen molar-refractivity contribution in [2.75, 3.05) is 6.54 Å². The number of carbonyl (C=O) groups is 3. The molecule has 0 aliphatic heterocycles. The maximum atomic E-state index is 11.9. The Hall–Kier alpha value is -2.10. The topological polar surface area (TPSA) is 110 Å². The maximum absolute atomic E-state index is 11.9. The zero-order valence-corrected chi connectivity index (χ0v) is 11.5. The molecule has 3 amide bonds. The first-order chi connectivity index (χ1) is 9.43. The second kappa shape index (κ2) is 7.48. The number of carboxylic acids is 1. The summed E-state index contributed by atoms with van der Waals surface area (Å²) in [5.41, 5.74) is 0. The molecule has 0 saturated heterocycles. The maximum Gasteiger partial charge on any atom is 0.324 e. The van der Waals surface area contributed by atoms with Crippen molar-refractivity contribution in [3.63, 3.8) is 0 Å². The van der Waals surface area contributed by atoms with Crippen LogP contribution in [-0.2, 0) is 9.59 Å². The fourth-order valence-electron chi connectivity index (χ4n) is 1.94. The summed E-state index contributed by atoms with van der Waals surface area (Å²) in [4.78, 5) is 35.6. The summed E-state index contributed by atoms with van der Waals surface area (Å²) in [5.74, 6) is -1.77. The van der Waals surface area contributed by atoms with E-state index in [0.717, 1.165) is 12.8 Å². The predicted molar refractivity (Wildman–Crippen MR) is 69.5 cm³/mol. The molecule has 7 heteroatoms. The molecule has 0 radical (unpaired) electrons. The molecule has 1 unspecified atom stereocenters. The highest BCUT2D eigenvalue weighted by Gasteiger charge is 2.32. The van der Waals surface area contributed by atoms with Gasteiger partial charge in [-0.1, -0.05) is 6.92 Å². The first-order valence-electron chi connectivity index (χ1n) is 6.63. The highest BCUT2D eigenvalue weighted by atomic mass is 16.4. The lowest BCUT2D eigenvalue weighted by molar-refractivity contribution is -0.138. The number of hydrogen-bond acceptors (Lipinski definition) is 4. The van der Waals surface area contributed by atoms with Crippen molar-refractivity contribution in [2.45, 2.75) is 45.1 Å². The minimum Gasteiger partial charge on any atom is -0.481 e. The van der Waals surface area contributed by atoms with Crippen LogP contribution < -0.4 is 5.32 Å². The lowest BCUT2D eigenvalue weighted by atomic mass is 10.0. The lowest BCUT2D eigenvalue weighted by Crippen LogP contribution is -2.44. The van der Waals surface area contributed by atoms with Gasteiger partial charge in [0.1, 0.15) is 0 Å². The number of hydrogen-bond donors (Lipinski definition) is 2. The van der Waals surface area contributed by atoms with E-state index >= 15 is 0 Å². The van der Waals surface area contributed by atoms with Crippen molar-refractivity contribution in [1.29, 1.82) is 5.26 Å². The summed E-state index contributed by atoms with van der Waals surface area (Å²) >= 11 is 0. The monoisotopic (exact) mass is 281 g/mol. The van der Waals surface area contributed by atoms with Crippen LogP contribution in [0, 0.1) is 17.2 Å². The van der Waals surface area contributed by atoms with Crippen LogP contribution in [0.1, 0.15) is 39.0 Å². The molecule has 0 aromatic carbocycles. The average molecular weight is 281 g/mol. The Balaban J connectivity index is 2.40. The number of urea groups is 1. The molecular formula is C13H19N3O4. The number of carbonyl (C=O) groups excluding carboxylic acids is 2. The van der Waals surface area contributed by atoms with E-state index in [1.165, 1.54) is 4.90 Å². The van der Waals surface area contributed by atoms with Gasteiger partial charge in [-0.25, -0.2) is 4.79 Å². The second-order valence-corrected chi connectivity index (χ2v) is 5.09. The van der Waals surface area contributed by atoms with Crippen LogP contribution in [0.2, 0.25) is 0 Å². The van der Waals surface area contributed by atoms with E-state index in [1.807, 2.05) is 6.07 Å². The van der Waals surface area contributed by atoms with Gasteiger partial charge in [0.2, 0.25) is 5.91 Å². The molecule has 0 bridgehead atoms. The molecule has 20 heavy (non-hydrogen) atoms. The van der Waals surface area contributed by atoms with Crippen LogP contribution in [0.15, 0.2) is 0 Å². The van der Waals surface area contributed by atoms with Crippen molar-refractivity contribution in [2.24, 2.45) is 5.92 Å². The highest BCUT2D eigenvalue weighted by molar-refractivity contribution is 5.94. The number of nitrogens with zero attached hydrogens (tertiary/aromatic N) is 2. The molecule has 1 aliphatic carbocycles. The number of carboxylic acid groups (broad SMARTS) is 1. The first-order valence-corrected chi connectivity index (χ1v) is 6.63. The van der Waals surface area contributed by atoms with Crippen molar-refractivity contribution in [3.8, 4) is 6.07 Å². The molecule has 7 nitrogen and oxygen atoms in total. The van der Waals surface area contributed by atoms with E-state index < -0.39 is 17.9 Å². The third kappa shape index (κ3) is 5.69. The number of nitrogens with one attached hydrogen (secondary N) is 1. The fraction of sp³-hybridized carbons (Fsp3) is 0.692. The number of rotatable bonds is 7. The zero-order chi connectivity index (χ0) is 15.1. The Labute approximate surface area is 117 Å². The summed E-state index contributed by atoms with van der Waals surface area (Å²) in [6.07, 6.45) is 1.90. The standard InChI is InChI=1S/C13H19N3O4/c1-9(8-12(18)19)7-11(17)15-13(20)16(6-2-5-14)10-3-4-10/h9-10H,2-4,6-8H2,1H3,(H,18,19)(H,15,17,20). The third-order valence-corrected chi connectivity index (χ3v) is 3.02. The molecule has 0 spiro atoms. The van der Waals surface area contributed by atoms with E-state index in [0.29, 0.717) is 6.54 Å². The van der Waals surface area contributed by atoms with E-state index in [9.17, 15) is 14.4 Å². The zero-order valence-electron chi connectivity index (χ0n) is 11.5. The smallest absolute Gasteiger partial charge is 0.324 e. The van der Waals surface area contributed by atoms with Gasteiger partial charge in [-0.3, -0.25) is 14.9 Å². The van der Waals surface area contributed by atoms with E-state index in [2.05, 4.69) is 5.32 Å². The Morgan fingerprint density at radius 2 is 2.05 bits per heavy atom. The molecular weight excluding hydrogens is 262 g/mol. The minimum absolute atomic E-state index is 0.00516. The van der Waals surface area contributed by atoms with Gasteiger partial charge >= 0.3 is 12.0 Å². The van der Waals surface area contributed by atoms with E-state index in [1.54, 1.807) is 6.92 Å². The van der Waals surface area contributed by atoms with Gasteiger partial charge < -0.3 is 10.0 Å². The number of amides is 3. The summed E-state index contributed by atoms with van der Waals surface area (Å²) in [7, 11) is 0. The first kappa shape index (κ1) is 16.0. The normalized spacial score (nSPS) is 15.0. The molecule has 1 fully saturated rings. The van der Waals surface area contributed by atoms with Crippen molar-refractivity contribution >= 4 is 17.9 Å².